The van der Waals surface area contributed by atoms with Gasteiger partial charge in [-0.15, -0.1) is 0 Å². The standard InChI is InChI=1S/C14H16FN3/c1-10-2-5-14(13(15)8-10)18-7-6-12(17-18)9-16-11-3-4-11/h2,5-8,11,16H,3-4,9H2,1H3. The van der Waals surface area contributed by atoms with Gasteiger partial charge in [-0.05, 0) is 43.5 Å². The Balaban J connectivity index is 1.78. The highest BCUT2D eigenvalue weighted by Gasteiger charge is 2.20. The second-order valence-electron chi connectivity index (χ2n) is 4.86. The SMILES string of the molecule is Cc1ccc(-n2ccc(CNC3CC3)n2)c(F)c1. The molecule has 0 amide bonds. The second-order valence-corrected chi connectivity index (χ2v) is 4.86. The van der Waals surface area contributed by atoms with Crippen LogP contribution in [0.4, 0.5) is 4.39 Å². The minimum Gasteiger partial charge on any atom is -0.308 e. The molecule has 4 heteroatoms. The molecule has 18 heavy (non-hydrogen) atoms. The van der Waals surface area contributed by atoms with Crippen LogP contribution in [0.25, 0.3) is 5.69 Å². The quantitative estimate of drug-likeness (QED) is 0.897. The summed E-state index contributed by atoms with van der Waals surface area (Å²) in [5.74, 6) is -0.236. The van der Waals surface area contributed by atoms with Crippen LogP contribution in [-0.4, -0.2) is 15.8 Å². The van der Waals surface area contributed by atoms with Crippen LogP contribution in [0.15, 0.2) is 30.5 Å². The van der Waals surface area contributed by atoms with Gasteiger partial charge in [-0.3, -0.25) is 0 Å². The van der Waals surface area contributed by atoms with Crippen LogP contribution >= 0.6 is 0 Å². The van der Waals surface area contributed by atoms with E-state index in [9.17, 15) is 4.39 Å². The lowest BCUT2D eigenvalue weighted by molar-refractivity contribution is 0.605. The smallest absolute Gasteiger partial charge is 0.149 e. The molecule has 0 unspecified atom stereocenters. The van der Waals surface area contributed by atoms with Gasteiger partial charge in [-0.2, -0.15) is 5.10 Å². The molecule has 1 aliphatic carbocycles. The van der Waals surface area contributed by atoms with E-state index in [2.05, 4.69) is 10.4 Å². The van der Waals surface area contributed by atoms with E-state index in [0.717, 1.165) is 17.8 Å². The zero-order valence-corrected chi connectivity index (χ0v) is 10.4. The zero-order valence-electron chi connectivity index (χ0n) is 10.4. The number of aromatic nitrogens is 2. The Hall–Kier alpha value is -1.68. The first kappa shape index (κ1) is 11.4. The number of nitrogens with zero attached hydrogens (tertiary/aromatic N) is 2. The average Bonchev–Trinajstić information content (AvgIpc) is 3.05. The van der Waals surface area contributed by atoms with E-state index in [4.69, 9.17) is 0 Å². The topological polar surface area (TPSA) is 29.9 Å². The molecule has 1 aliphatic rings. The number of benzene rings is 1. The molecule has 1 heterocycles. The van der Waals surface area contributed by atoms with Gasteiger partial charge in [0, 0.05) is 18.8 Å². The molecule has 3 nitrogen and oxygen atoms in total. The summed E-state index contributed by atoms with van der Waals surface area (Å²) < 4.78 is 15.4. The van der Waals surface area contributed by atoms with Crippen molar-refractivity contribution in [2.24, 2.45) is 0 Å². The van der Waals surface area contributed by atoms with Crippen LogP contribution in [0.3, 0.4) is 0 Å². The molecule has 0 radical (unpaired) electrons. The molecule has 1 saturated carbocycles. The number of aryl methyl sites for hydroxylation is 1. The monoisotopic (exact) mass is 245 g/mol. The predicted molar refractivity (Wildman–Crippen MR) is 68.1 cm³/mol. The third-order valence-corrected chi connectivity index (χ3v) is 3.14. The summed E-state index contributed by atoms with van der Waals surface area (Å²) in [5.41, 5.74) is 2.36. The Morgan fingerprint density at radius 3 is 2.94 bits per heavy atom. The van der Waals surface area contributed by atoms with E-state index in [1.807, 2.05) is 19.1 Å². The number of hydrogen-bond acceptors (Lipinski definition) is 2. The minimum absolute atomic E-state index is 0.236. The zero-order chi connectivity index (χ0) is 12.5. The molecule has 0 saturated heterocycles. The van der Waals surface area contributed by atoms with Gasteiger partial charge >= 0.3 is 0 Å². The lowest BCUT2D eigenvalue weighted by atomic mass is 10.2. The molecule has 0 bridgehead atoms. The maximum atomic E-state index is 13.8. The van der Waals surface area contributed by atoms with Gasteiger partial charge in [0.15, 0.2) is 0 Å². The minimum atomic E-state index is -0.236. The molecule has 1 fully saturated rings. The van der Waals surface area contributed by atoms with Gasteiger partial charge < -0.3 is 5.32 Å². The second kappa shape index (κ2) is 4.53. The van der Waals surface area contributed by atoms with Crippen LogP contribution in [0.1, 0.15) is 24.1 Å². The Labute approximate surface area is 106 Å². The summed E-state index contributed by atoms with van der Waals surface area (Å²) in [6, 6.07) is 7.76. The Bertz CT molecular complexity index is 558. The fraction of sp³-hybridized carbons (Fsp3) is 0.357. The van der Waals surface area contributed by atoms with Crippen molar-refractivity contribution < 1.29 is 4.39 Å². The number of nitrogens with one attached hydrogen (secondary N) is 1. The fourth-order valence-corrected chi connectivity index (χ4v) is 1.92. The van der Waals surface area contributed by atoms with Crippen molar-refractivity contribution in [3.8, 4) is 5.69 Å². The molecule has 3 rings (SSSR count). The molecular weight excluding hydrogens is 229 g/mol. The van der Waals surface area contributed by atoms with Gasteiger partial charge in [-0.25, -0.2) is 9.07 Å². The summed E-state index contributed by atoms with van der Waals surface area (Å²) >= 11 is 0. The molecule has 1 N–H and O–H groups in total. The van der Waals surface area contributed by atoms with Gasteiger partial charge in [0.25, 0.3) is 0 Å². The molecule has 1 aromatic carbocycles. The van der Waals surface area contributed by atoms with E-state index in [1.165, 1.54) is 18.9 Å². The molecular formula is C14H16FN3. The summed E-state index contributed by atoms with van der Waals surface area (Å²) in [5, 5.41) is 7.78. The first-order valence-corrected chi connectivity index (χ1v) is 6.27. The van der Waals surface area contributed by atoms with Crippen molar-refractivity contribution in [2.45, 2.75) is 32.4 Å². The summed E-state index contributed by atoms with van der Waals surface area (Å²) in [7, 11) is 0. The van der Waals surface area contributed by atoms with Crippen LogP contribution in [-0.2, 0) is 6.54 Å². The van der Waals surface area contributed by atoms with Gasteiger partial charge in [0.1, 0.15) is 11.5 Å². The van der Waals surface area contributed by atoms with Crippen molar-refractivity contribution >= 4 is 0 Å². The number of rotatable bonds is 4. The van der Waals surface area contributed by atoms with E-state index < -0.39 is 0 Å². The van der Waals surface area contributed by atoms with E-state index in [-0.39, 0.29) is 5.82 Å². The molecule has 94 valence electrons. The number of hydrogen-bond donors (Lipinski definition) is 1. The van der Waals surface area contributed by atoms with Gasteiger partial charge in [0.05, 0.1) is 5.69 Å². The van der Waals surface area contributed by atoms with Crippen molar-refractivity contribution in [1.29, 1.82) is 0 Å². The molecule has 0 aliphatic heterocycles. The Morgan fingerprint density at radius 2 is 2.22 bits per heavy atom. The summed E-state index contributed by atoms with van der Waals surface area (Å²) in [6.45, 7) is 2.63. The molecule has 0 atom stereocenters. The molecule has 0 spiro atoms. The number of halogens is 1. The first-order valence-electron chi connectivity index (χ1n) is 6.27. The van der Waals surface area contributed by atoms with Crippen molar-refractivity contribution in [3.05, 3.63) is 47.5 Å². The van der Waals surface area contributed by atoms with Crippen LogP contribution < -0.4 is 5.32 Å². The lowest BCUT2D eigenvalue weighted by Gasteiger charge is -2.04. The highest BCUT2D eigenvalue weighted by atomic mass is 19.1. The van der Waals surface area contributed by atoms with Crippen molar-refractivity contribution in [3.63, 3.8) is 0 Å². The third-order valence-electron chi connectivity index (χ3n) is 3.14. The van der Waals surface area contributed by atoms with Crippen molar-refractivity contribution in [1.82, 2.24) is 15.1 Å². The third kappa shape index (κ3) is 2.43. The van der Waals surface area contributed by atoms with Crippen LogP contribution in [0, 0.1) is 12.7 Å². The normalized spacial score (nSPS) is 15.0. The van der Waals surface area contributed by atoms with E-state index in [0.29, 0.717) is 11.7 Å². The maximum Gasteiger partial charge on any atom is 0.149 e. The van der Waals surface area contributed by atoms with Crippen LogP contribution in [0.5, 0.6) is 0 Å². The molecule has 1 aromatic heterocycles. The van der Waals surface area contributed by atoms with Gasteiger partial charge in [-0.1, -0.05) is 6.07 Å². The highest BCUT2D eigenvalue weighted by molar-refractivity contribution is 5.35. The average molecular weight is 245 g/mol. The molecule has 2 aromatic rings. The Kier molecular flexibility index (Phi) is 2.88. The highest BCUT2D eigenvalue weighted by Crippen LogP contribution is 2.19. The van der Waals surface area contributed by atoms with E-state index in [1.54, 1.807) is 16.9 Å². The van der Waals surface area contributed by atoms with Crippen LogP contribution in [0.2, 0.25) is 0 Å². The van der Waals surface area contributed by atoms with Crippen molar-refractivity contribution in [2.75, 3.05) is 0 Å². The largest absolute Gasteiger partial charge is 0.308 e. The predicted octanol–water partition coefficient (Wildman–Crippen LogP) is 2.57. The summed E-state index contributed by atoms with van der Waals surface area (Å²) in [4.78, 5) is 0. The Morgan fingerprint density at radius 1 is 1.39 bits per heavy atom. The maximum absolute atomic E-state index is 13.8. The summed E-state index contributed by atoms with van der Waals surface area (Å²) in [6.07, 6.45) is 4.32. The lowest BCUT2D eigenvalue weighted by Crippen LogP contribution is -2.15. The first-order chi connectivity index (χ1) is 8.72. The fourth-order valence-electron chi connectivity index (χ4n) is 1.92. The van der Waals surface area contributed by atoms with Gasteiger partial charge in [0.2, 0.25) is 0 Å². The van der Waals surface area contributed by atoms with E-state index >= 15 is 0 Å².